The van der Waals surface area contributed by atoms with E-state index in [4.69, 9.17) is 9.47 Å². The van der Waals surface area contributed by atoms with Crippen LogP contribution in [0.4, 0.5) is 5.69 Å². The number of carbonyl (C=O) groups excluding carboxylic acids is 2. The number of allylic oxidation sites excluding steroid dienone is 2. The Morgan fingerprint density at radius 1 is 1.10 bits per heavy atom. The van der Waals surface area contributed by atoms with Gasteiger partial charge in [-0.25, -0.2) is 0 Å². The normalized spacial score (nSPS) is 15.2. The van der Waals surface area contributed by atoms with Gasteiger partial charge in [0.15, 0.2) is 5.75 Å². The van der Waals surface area contributed by atoms with E-state index >= 15 is 0 Å². The Kier molecular flexibility index (Phi) is 5.98. The Hall–Kier alpha value is -3.34. The zero-order valence-corrected chi connectivity index (χ0v) is 17.1. The van der Waals surface area contributed by atoms with Gasteiger partial charge in [0.05, 0.1) is 24.4 Å². The van der Waals surface area contributed by atoms with Crippen LogP contribution in [0.2, 0.25) is 0 Å². The number of rotatable bonds is 6. The van der Waals surface area contributed by atoms with Crippen molar-refractivity contribution in [2.45, 2.75) is 39.2 Å². The highest BCUT2D eigenvalue weighted by molar-refractivity contribution is 6.07. The van der Waals surface area contributed by atoms with Crippen molar-refractivity contribution in [3.8, 4) is 5.75 Å². The molecule has 4 rings (SSSR count). The smallest absolute Gasteiger partial charge is 0.306 e. The van der Waals surface area contributed by atoms with Crippen molar-refractivity contribution < 1.29 is 19.1 Å². The summed E-state index contributed by atoms with van der Waals surface area (Å²) in [6, 6.07) is 15.7. The lowest BCUT2D eigenvalue weighted by Crippen LogP contribution is -2.31. The van der Waals surface area contributed by atoms with E-state index < -0.39 is 0 Å². The van der Waals surface area contributed by atoms with Crippen LogP contribution in [0.3, 0.4) is 0 Å². The summed E-state index contributed by atoms with van der Waals surface area (Å²) in [6.07, 6.45) is 6.47. The molecule has 0 saturated heterocycles. The van der Waals surface area contributed by atoms with Gasteiger partial charge in [0.2, 0.25) is 0 Å². The van der Waals surface area contributed by atoms with E-state index in [1.807, 2.05) is 67.6 Å². The minimum absolute atomic E-state index is 0.00862. The summed E-state index contributed by atoms with van der Waals surface area (Å²) >= 11 is 0. The molecule has 0 atom stereocenters. The number of anilines is 1. The largest absolute Gasteiger partial charge is 0.466 e. The van der Waals surface area contributed by atoms with E-state index in [0.29, 0.717) is 43.9 Å². The zero-order chi connectivity index (χ0) is 20.9. The van der Waals surface area contributed by atoms with E-state index in [1.165, 1.54) is 0 Å². The average molecular weight is 403 g/mol. The molecule has 2 aromatic carbocycles. The zero-order valence-electron chi connectivity index (χ0n) is 17.1. The molecule has 1 aliphatic heterocycles. The molecular formula is C25H25NO4. The molecule has 0 radical (unpaired) electrons. The molecule has 5 heteroatoms. The minimum Gasteiger partial charge on any atom is -0.466 e. The van der Waals surface area contributed by atoms with Crippen LogP contribution in [-0.2, 0) is 27.3 Å². The van der Waals surface area contributed by atoms with E-state index in [-0.39, 0.29) is 11.9 Å². The van der Waals surface area contributed by atoms with Crippen LogP contribution in [-0.4, -0.2) is 18.5 Å². The first kappa shape index (κ1) is 20.0. The molecule has 154 valence electrons. The summed E-state index contributed by atoms with van der Waals surface area (Å²) < 4.78 is 11.1. The fraction of sp³-hybridized carbons (Fsp3) is 0.280. The van der Waals surface area contributed by atoms with Crippen LogP contribution in [0.5, 0.6) is 5.75 Å². The maximum Gasteiger partial charge on any atom is 0.306 e. The summed E-state index contributed by atoms with van der Waals surface area (Å²) in [4.78, 5) is 26.7. The van der Waals surface area contributed by atoms with Gasteiger partial charge in [0.1, 0.15) is 5.76 Å². The van der Waals surface area contributed by atoms with E-state index in [2.05, 4.69) is 0 Å². The number of amides is 1. The highest BCUT2D eigenvalue weighted by Crippen LogP contribution is 2.37. The van der Waals surface area contributed by atoms with Gasteiger partial charge >= 0.3 is 5.97 Å². The maximum absolute atomic E-state index is 13.4. The number of ether oxygens (including phenoxy) is 2. The second-order valence-electron chi connectivity index (χ2n) is 7.37. The van der Waals surface area contributed by atoms with Gasteiger partial charge in [0, 0.05) is 6.42 Å². The number of nitrogens with zero attached hydrogens (tertiary/aromatic N) is 1. The van der Waals surface area contributed by atoms with Crippen molar-refractivity contribution in [3.05, 3.63) is 83.1 Å². The fourth-order valence-corrected chi connectivity index (χ4v) is 3.74. The van der Waals surface area contributed by atoms with Crippen molar-refractivity contribution in [2.24, 2.45) is 0 Å². The molecule has 30 heavy (non-hydrogen) atoms. The number of hydrogen-bond acceptors (Lipinski definition) is 4. The summed E-state index contributed by atoms with van der Waals surface area (Å²) in [5, 5.41) is 0. The molecule has 0 N–H and O–H groups in total. The predicted octanol–water partition coefficient (Wildman–Crippen LogP) is 4.71. The van der Waals surface area contributed by atoms with Gasteiger partial charge in [-0.15, -0.1) is 0 Å². The number of carbonyl (C=O) groups is 2. The van der Waals surface area contributed by atoms with Crippen LogP contribution < -0.4 is 9.64 Å². The first-order chi connectivity index (χ1) is 14.7. The Morgan fingerprint density at radius 3 is 2.67 bits per heavy atom. The molecular weight excluding hydrogens is 378 g/mol. The molecule has 0 bridgehead atoms. The first-order valence-corrected chi connectivity index (χ1v) is 10.4. The number of aryl methyl sites for hydroxylation is 1. The summed E-state index contributed by atoms with van der Waals surface area (Å²) in [7, 11) is 0. The fourth-order valence-electron chi connectivity index (χ4n) is 3.74. The van der Waals surface area contributed by atoms with Crippen molar-refractivity contribution in [1.29, 1.82) is 0 Å². The number of benzene rings is 2. The molecule has 0 saturated carbocycles. The SMILES string of the molecule is CCOC(=O)CCc1ccc(CN2C(=O)C3=C(C=CCC3)Oc3ccccc32)cc1. The van der Waals surface area contributed by atoms with Crippen LogP contribution in [0.15, 0.2) is 72.0 Å². The highest BCUT2D eigenvalue weighted by atomic mass is 16.5. The van der Waals surface area contributed by atoms with Gasteiger partial charge in [-0.3, -0.25) is 9.59 Å². The standard InChI is InChI=1S/C25H25NO4/c1-2-29-24(27)16-15-18-11-13-19(14-12-18)17-26-21-8-4-6-10-23(21)30-22-9-5-3-7-20(22)25(26)28/h4-6,8-14H,2-3,7,15-17H2,1H3. The molecule has 2 aliphatic rings. The molecule has 0 unspecified atom stereocenters. The Labute approximate surface area is 176 Å². The lowest BCUT2D eigenvalue weighted by molar-refractivity contribution is -0.143. The Bertz CT molecular complexity index is 1000. The van der Waals surface area contributed by atoms with Crippen LogP contribution >= 0.6 is 0 Å². The van der Waals surface area contributed by atoms with Crippen LogP contribution in [0.1, 0.15) is 37.3 Å². The van der Waals surface area contributed by atoms with Crippen LogP contribution in [0.25, 0.3) is 0 Å². The summed E-state index contributed by atoms with van der Waals surface area (Å²) in [6.45, 7) is 2.67. The molecule has 5 nitrogen and oxygen atoms in total. The average Bonchev–Trinajstić information content (AvgIpc) is 2.88. The van der Waals surface area contributed by atoms with Gasteiger partial charge in [-0.05, 0) is 55.5 Å². The highest BCUT2D eigenvalue weighted by Gasteiger charge is 2.30. The third-order valence-corrected chi connectivity index (χ3v) is 5.29. The number of hydrogen-bond donors (Lipinski definition) is 0. The molecule has 0 spiro atoms. The van der Waals surface area contributed by atoms with E-state index in [1.54, 1.807) is 4.90 Å². The quantitative estimate of drug-likeness (QED) is 0.656. The topological polar surface area (TPSA) is 55.8 Å². The number of esters is 1. The Morgan fingerprint density at radius 2 is 1.87 bits per heavy atom. The number of para-hydroxylation sites is 2. The van der Waals surface area contributed by atoms with Gasteiger partial charge in [-0.2, -0.15) is 0 Å². The molecule has 0 aromatic heterocycles. The molecule has 2 aromatic rings. The van der Waals surface area contributed by atoms with E-state index in [9.17, 15) is 9.59 Å². The second kappa shape index (κ2) is 8.99. The van der Waals surface area contributed by atoms with Crippen molar-refractivity contribution in [2.75, 3.05) is 11.5 Å². The van der Waals surface area contributed by atoms with Gasteiger partial charge < -0.3 is 14.4 Å². The van der Waals surface area contributed by atoms with Crippen molar-refractivity contribution in [1.82, 2.24) is 0 Å². The molecule has 1 heterocycles. The van der Waals surface area contributed by atoms with Gasteiger partial charge in [0.25, 0.3) is 5.91 Å². The minimum atomic E-state index is -0.182. The maximum atomic E-state index is 13.4. The predicted molar refractivity (Wildman–Crippen MR) is 115 cm³/mol. The molecule has 1 aliphatic carbocycles. The lowest BCUT2D eigenvalue weighted by atomic mass is 10.0. The third kappa shape index (κ3) is 4.30. The monoisotopic (exact) mass is 403 g/mol. The molecule has 1 amide bonds. The Balaban J connectivity index is 1.54. The van der Waals surface area contributed by atoms with Crippen molar-refractivity contribution in [3.63, 3.8) is 0 Å². The van der Waals surface area contributed by atoms with Crippen molar-refractivity contribution >= 4 is 17.6 Å². The van der Waals surface area contributed by atoms with E-state index in [0.717, 1.165) is 28.8 Å². The van der Waals surface area contributed by atoms with Crippen LogP contribution in [0, 0.1) is 0 Å². The summed E-state index contributed by atoms with van der Waals surface area (Å²) in [5.74, 6) is 1.15. The second-order valence-corrected chi connectivity index (χ2v) is 7.37. The number of fused-ring (bicyclic) bond motifs is 1. The first-order valence-electron chi connectivity index (χ1n) is 10.4. The summed E-state index contributed by atoms with van der Waals surface area (Å²) in [5.41, 5.74) is 3.59. The molecule has 0 fully saturated rings. The lowest BCUT2D eigenvalue weighted by Gasteiger charge is -2.23. The third-order valence-electron chi connectivity index (χ3n) is 5.29. The van der Waals surface area contributed by atoms with Gasteiger partial charge in [-0.1, -0.05) is 42.5 Å².